The first-order valence-electron chi connectivity index (χ1n) is 8.91. The van der Waals surface area contributed by atoms with Crippen LogP contribution in [0.5, 0.6) is 0 Å². The Balaban J connectivity index is 0. The van der Waals surface area contributed by atoms with Gasteiger partial charge in [-0.25, -0.2) is 0 Å². The molecule has 0 fully saturated rings. The van der Waals surface area contributed by atoms with Gasteiger partial charge in [-0.1, -0.05) is 117 Å². The fourth-order valence-electron chi connectivity index (χ4n) is 2.62. The van der Waals surface area contributed by atoms with E-state index in [1.165, 1.54) is 103 Å². The summed E-state index contributed by atoms with van der Waals surface area (Å²) in [6.07, 6.45) is 23.4. The summed E-state index contributed by atoms with van der Waals surface area (Å²) in [4.78, 5) is 0. The van der Waals surface area contributed by atoms with Crippen LogP contribution >= 0.6 is 0 Å². The van der Waals surface area contributed by atoms with Crippen LogP contribution in [0.2, 0.25) is 0 Å². The van der Waals surface area contributed by atoms with Crippen LogP contribution in [0, 0.1) is 0 Å². The minimum atomic E-state index is 0. The van der Waals surface area contributed by atoms with Crippen LogP contribution in [0.1, 0.15) is 117 Å². The molecule has 0 radical (unpaired) electrons. The average molecular weight is 290 g/mol. The van der Waals surface area contributed by atoms with Gasteiger partial charge in [0.25, 0.3) is 0 Å². The molecule has 0 heterocycles. The van der Waals surface area contributed by atoms with Crippen molar-refractivity contribution in [1.29, 1.82) is 0 Å². The van der Waals surface area contributed by atoms with Crippen molar-refractivity contribution in [2.24, 2.45) is 0 Å². The largest absolute Gasteiger partial charge is 1.00 e. The second-order valence-corrected chi connectivity index (χ2v) is 5.95. The van der Waals surface area contributed by atoms with Crippen LogP contribution < -0.4 is 12.4 Å². The van der Waals surface area contributed by atoms with Crippen LogP contribution in [-0.2, 0) is 0 Å². The predicted molar refractivity (Wildman–Crippen MR) is 85.2 cm³/mol. The molecule has 0 saturated heterocycles. The molecule has 0 aliphatic heterocycles. The predicted octanol–water partition coefficient (Wildman–Crippen LogP) is 4.27. The summed E-state index contributed by atoms with van der Waals surface area (Å²) in [6.45, 7) is 4.59. The minimum absolute atomic E-state index is 0. The zero-order valence-corrected chi connectivity index (χ0v) is 14.4. The molecule has 0 aliphatic rings. The summed E-state index contributed by atoms with van der Waals surface area (Å²) in [5.41, 5.74) is 0. The SMILES string of the molecule is CCCCCCCCCCCCCCCCCC.[Cl-]. The first kappa shape index (κ1) is 21.6. The molecule has 0 N–H and O–H groups in total. The number of halogens is 1. The number of hydrogen-bond acceptors (Lipinski definition) is 0. The maximum atomic E-state index is 2.29. The van der Waals surface area contributed by atoms with Gasteiger partial charge in [-0.15, -0.1) is 0 Å². The molecule has 0 aliphatic carbocycles. The molecule has 0 unspecified atom stereocenters. The van der Waals surface area contributed by atoms with E-state index in [9.17, 15) is 0 Å². The number of rotatable bonds is 15. The maximum absolute atomic E-state index is 2.29. The van der Waals surface area contributed by atoms with E-state index < -0.39 is 0 Å². The highest BCUT2D eigenvalue weighted by molar-refractivity contribution is 4.49. The number of unbranched alkanes of at least 4 members (excludes halogenated alkanes) is 15. The average Bonchev–Trinajstić information content (AvgIpc) is 2.39. The molecule has 0 aromatic rings. The van der Waals surface area contributed by atoms with Crippen LogP contribution in [0.3, 0.4) is 0 Å². The molecule has 1 heteroatoms. The first-order valence-corrected chi connectivity index (χ1v) is 8.91. The maximum Gasteiger partial charge on any atom is -0.0533 e. The van der Waals surface area contributed by atoms with Gasteiger partial charge in [0, 0.05) is 0 Å². The Bertz CT molecular complexity index is 118. The van der Waals surface area contributed by atoms with Gasteiger partial charge >= 0.3 is 0 Å². The highest BCUT2D eigenvalue weighted by Gasteiger charge is 1.93. The molecule has 19 heavy (non-hydrogen) atoms. The number of hydrogen-bond donors (Lipinski definition) is 0. The molecule has 0 nitrogen and oxygen atoms in total. The topological polar surface area (TPSA) is 0 Å². The zero-order chi connectivity index (χ0) is 13.3. The van der Waals surface area contributed by atoms with Crippen molar-refractivity contribution >= 4 is 0 Å². The fraction of sp³-hybridized carbons (Fsp3) is 1.00. The summed E-state index contributed by atoms with van der Waals surface area (Å²) < 4.78 is 0. The molecule has 0 amide bonds. The van der Waals surface area contributed by atoms with Crippen LogP contribution in [0.15, 0.2) is 0 Å². The molecular weight excluding hydrogens is 252 g/mol. The lowest BCUT2D eigenvalue weighted by atomic mass is 10.0. The van der Waals surface area contributed by atoms with Crippen molar-refractivity contribution in [3.63, 3.8) is 0 Å². The first-order chi connectivity index (χ1) is 8.91. The van der Waals surface area contributed by atoms with E-state index in [0.717, 1.165) is 0 Å². The third kappa shape index (κ3) is 20.8. The lowest BCUT2D eigenvalue weighted by Gasteiger charge is -2.03. The normalized spacial score (nSPS) is 10.4. The second-order valence-electron chi connectivity index (χ2n) is 5.95. The molecule has 0 rings (SSSR count). The summed E-state index contributed by atoms with van der Waals surface area (Å²) in [5.74, 6) is 0. The monoisotopic (exact) mass is 289 g/mol. The Labute approximate surface area is 129 Å². The summed E-state index contributed by atoms with van der Waals surface area (Å²) in [6, 6.07) is 0. The van der Waals surface area contributed by atoms with Gasteiger partial charge in [-0.05, 0) is 0 Å². The molecule has 118 valence electrons. The molecular formula is C18H38Cl-. The Hall–Kier alpha value is 0.290. The van der Waals surface area contributed by atoms with Crippen LogP contribution in [-0.4, -0.2) is 0 Å². The van der Waals surface area contributed by atoms with E-state index >= 15 is 0 Å². The molecule has 0 aromatic carbocycles. The van der Waals surface area contributed by atoms with Crippen molar-refractivity contribution in [2.45, 2.75) is 117 Å². The van der Waals surface area contributed by atoms with Gasteiger partial charge in [0.1, 0.15) is 0 Å². The van der Waals surface area contributed by atoms with E-state index in [-0.39, 0.29) is 12.4 Å². The smallest absolute Gasteiger partial charge is 0.0533 e. The van der Waals surface area contributed by atoms with Gasteiger partial charge in [0.15, 0.2) is 0 Å². The molecule has 0 atom stereocenters. The van der Waals surface area contributed by atoms with Crippen LogP contribution in [0.25, 0.3) is 0 Å². The van der Waals surface area contributed by atoms with Crippen molar-refractivity contribution in [2.75, 3.05) is 0 Å². The summed E-state index contributed by atoms with van der Waals surface area (Å²) in [7, 11) is 0. The van der Waals surface area contributed by atoms with E-state index in [4.69, 9.17) is 0 Å². The second kappa shape index (κ2) is 20.6. The lowest BCUT2D eigenvalue weighted by molar-refractivity contribution is -0.00000413. The fourth-order valence-corrected chi connectivity index (χ4v) is 2.62. The summed E-state index contributed by atoms with van der Waals surface area (Å²) >= 11 is 0. The van der Waals surface area contributed by atoms with Gasteiger partial charge in [0.05, 0.1) is 0 Å². The van der Waals surface area contributed by atoms with E-state index in [1.54, 1.807) is 0 Å². The third-order valence-electron chi connectivity index (χ3n) is 3.96. The van der Waals surface area contributed by atoms with Gasteiger partial charge in [-0.2, -0.15) is 0 Å². The lowest BCUT2D eigenvalue weighted by Crippen LogP contribution is -3.00. The molecule has 0 spiro atoms. The standard InChI is InChI=1S/C18H38.ClH/c1-3-5-7-9-11-13-15-17-18-16-14-12-10-8-6-4-2;/h3-18H2,1-2H3;1H/p-1. The quantitative estimate of drug-likeness (QED) is 0.395. The zero-order valence-electron chi connectivity index (χ0n) is 13.7. The van der Waals surface area contributed by atoms with E-state index in [2.05, 4.69) is 13.8 Å². The van der Waals surface area contributed by atoms with Crippen molar-refractivity contribution in [1.82, 2.24) is 0 Å². The Kier molecular flexibility index (Phi) is 23.4. The molecule has 0 saturated carbocycles. The van der Waals surface area contributed by atoms with Gasteiger partial charge in [-0.3, -0.25) is 0 Å². The van der Waals surface area contributed by atoms with E-state index in [1.807, 2.05) is 0 Å². The minimum Gasteiger partial charge on any atom is -1.00 e. The van der Waals surface area contributed by atoms with Crippen molar-refractivity contribution in [3.05, 3.63) is 0 Å². The van der Waals surface area contributed by atoms with Crippen LogP contribution in [0.4, 0.5) is 0 Å². The Morgan fingerprint density at radius 3 is 0.632 bits per heavy atom. The van der Waals surface area contributed by atoms with Gasteiger partial charge < -0.3 is 12.4 Å². The van der Waals surface area contributed by atoms with Crippen molar-refractivity contribution in [3.8, 4) is 0 Å². The summed E-state index contributed by atoms with van der Waals surface area (Å²) in [5, 5.41) is 0. The van der Waals surface area contributed by atoms with E-state index in [0.29, 0.717) is 0 Å². The van der Waals surface area contributed by atoms with Crippen molar-refractivity contribution < 1.29 is 12.4 Å². The highest BCUT2D eigenvalue weighted by atomic mass is 35.5. The Morgan fingerprint density at radius 2 is 0.474 bits per heavy atom. The molecule has 0 aromatic heterocycles. The highest BCUT2D eigenvalue weighted by Crippen LogP contribution is 2.13. The Morgan fingerprint density at radius 1 is 0.316 bits per heavy atom. The van der Waals surface area contributed by atoms with Gasteiger partial charge in [0.2, 0.25) is 0 Å². The third-order valence-corrected chi connectivity index (χ3v) is 3.96. The molecule has 0 bridgehead atoms.